The van der Waals surface area contributed by atoms with Crippen molar-refractivity contribution in [3.05, 3.63) is 47.8 Å². The van der Waals surface area contributed by atoms with E-state index in [4.69, 9.17) is 0 Å². The van der Waals surface area contributed by atoms with Crippen molar-refractivity contribution in [2.45, 2.75) is 13.0 Å². The van der Waals surface area contributed by atoms with E-state index in [1.807, 2.05) is 0 Å². The molecule has 0 fully saturated rings. The first-order chi connectivity index (χ1) is 9.97. The van der Waals surface area contributed by atoms with E-state index >= 15 is 0 Å². The molecule has 0 unspecified atom stereocenters. The molecule has 110 valence electrons. The molecule has 21 heavy (non-hydrogen) atoms. The van der Waals surface area contributed by atoms with Crippen LogP contribution in [0.4, 0.5) is 10.5 Å². The van der Waals surface area contributed by atoms with Gasteiger partial charge in [-0.15, -0.1) is 0 Å². The van der Waals surface area contributed by atoms with Gasteiger partial charge in [0.1, 0.15) is 0 Å². The van der Waals surface area contributed by atoms with Gasteiger partial charge in [-0.2, -0.15) is 5.10 Å². The van der Waals surface area contributed by atoms with Crippen LogP contribution in [0.25, 0.3) is 0 Å². The molecule has 1 atom stereocenters. The van der Waals surface area contributed by atoms with Gasteiger partial charge in [-0.3, -0.25) is 4.68 Å². The Kier molecular flexibility index (Phi) is 4.22. The lowest BCUT2D eigenvalue weighted by Crippen LogP contribution is -2.36. The molecule has 0 saturated heterocycles. The number of aliphatic carboxylic acids is 1. The van der Waals surface area contributed by atoms with Crippen LogP contribution in [-0.2, 0) is 11.8 Å². The lowest BCUT2D eigenvalue weighted by Gasteiger charge is -2.15. The summed E-state index contributed by atoms with van der Waals surface area (Å²) < 4.78 is 1.57. The van der Waals surface area contributed by atoms with Gasteiger partial charge in [0.05, 0.1) is 11.4 Å². The van der Waals surface area contributed by atoms with Crippen LogP contribution in [0.3, 0.4) is 0 Å². The molecular formula is C14H16N4O3. The first-order valence-electron chi connectivity index (χ1n) is 6.33. The van der Waals surface area contributed by atoms with E-state index in [0.29, 0.717) is 16.9 Å². The Hall–Kier alpha value is -2.83. The maximum absolute atomic E-state index is 11.9. The zero-order valence-corrected chi connectivity index (χ0v) is 11.7. The Balaban J connectivity index is 2.09. The third-order valence-corrected chi connectivity index (χ3v) is 2.92. The van der Waals surface area contributed by atoms with Crippen LogP contribution in [0.15, 0.2) is 36.5 Å². The number of carboxylic acid groups (broad SMARTS) is 1. The van der Waals surface area contributed by atoms with Crippen LogP contribution in [0, 0.1) is 6.92 Å². The number of rotatable bonds is 4. The van der Waals surface area contributed by atoms with Crippen LogP contribution >= 0.6 is 0 Å². The maximum Gasteiger partial charge on any atom is 0.330 e. The molecule has 0 radical (unpaired) electrons. The average Bonchev–Trinajstić information content (AvgIpc) is 2.75. The number of aryl methyl sites for hydroxylation is 2. The summed E-state index contributed by atoms with van der Waals surface area (Å²) in [6, 6.07) is 6.81. The van der Waals surface area contributed by atoms with Gasteiger partial charge < -0.3 is 15.7 Å². The third-order valence-electron chi connectivity index (χ3n) is 2.92. The number of aromatic nitrogens is 2. The number of benzene rings is 1. The number of nitrogens with zero attached hydrogens (tertiary/aromatic N) is 2. The van der Waals surface area contributed by atoms with Gasteiger partial charge in [-0.05, 0) is 12.5 Å². The van der Waals surface area contributed by atoms with E-state index in [0.717, 1.165) is 0 Å². The Labute approximate surface area is 121 Å². The number of hydrogen-bond donors (Lipinski definition) is 3. The summed E-state index contributed by atoms with van der Waals surface area (Å²) in [7, 11) is 1.74. The standard InChI is InChI=1S/C14H16N4O3/c1-9-11(8-18(2)17-9)15-14(21)16-12(13(19)20)10-6-4-3-5-7-10/h3-8,12H,1-2H3,(H,19,20)(H2,15,16,21)/t12-/m0/s1. The largest absolute Gasteiger partial charge is 0.479 e. The fourth-order valence-corrected chi connectivity index (χ4v) is 1.94. The molecule has 7 heteroatoms. The number of anilines is 1. The smallest absolute Gasteiger partial charge is 0.330 e. The van der Waals surface area contributed by atoms with Gasteiger partial charge in [0, 0.05) is 13.2 Å². The molecule has 0 spiro atoms. The fraction of sp³-hybridized carbons (Fsp3) is 0.214. The molecule has 2 rings (SSSR count). The molecule has 3 N–H and O–H groups in total. The lowest BCUT2D eigenvalue weighted by molar-refractivity contribution is -0.139. The number of carboxylic acids is 1. The second kappa shape index (κ2) is 6.08. The zero-order chi connectivity index (χ0) is 15.4. The quantitative estimate of drug-likeness (QED) is 0.797. The first kappa shape index (κ1) is 14.6. The molecule has 2 aromatic rings. The van der Waals surface area contributed by atoms with Crippen molar-refractivity contribution in [2.75, 3.05) is 5.32 Å². The monoisotopic (exact) mass is 288 g/mol. The Morgan fingerprint density at radius 2 is 1.95 bits per heavy atom. The molecule has 1 aromatic carbocycles. The topological polar surface area (TPSA) is 96.3 Å². The molecule has 7 nitrogen and oxygen atoms in total. The van der Waals surface area contributed by atoms with Crippen molar-refractivity contribution in [1.29, 1.82) is 0 Å². The van der Waals surface area contributed by atoms with Crippen molar-refractivity contribution in [3.8, 4) is 0 Å². The second-order valence-electron chi connectivity index (χ2n) is 4.58. The van der Waals surface area contributed by atoms with Gasteiger partial charge in [0.15, 0.2) is 6.04 Å². The van der Waals surface area contributed by atoms with E-state index in [1.54, 1.807) is 55.2 Å². The molecule has 0 aliphatic rings. The summed E-state index contributed by atoms with van der Waals surface area (Å²) in [6.07, 6.45) is 1.65. The minimum atomic E-state index is -1.13. The predicted octanol–water partition coefficient (Wildman–Crippen LogP) is 1.68. The van der Waals surface area contributed by atoms with Crippen molar-refractivity contribution >= 4 is 17.7 Å². The average molecular weight is 288 g/mol. The molecule has 0 aliphatic heterocycles. The van der Waals surface area contributed by atoms with Crippen LogP contribution in [-0.4, -0.2) is 26.9 Å². The number of carbonyl (C=O) groups is 2. The van der Waals surface area contributed by atoms with Crippen LogP contribution in [0.1, 0.15) is 17.3 Å². The fourth-order valence-electron chi connectivity index (χ4n) is 1.94. The van der Waals surface area contributed by atoms with E-state index in [1.165, 1.54) is 0 Å². The number of hydrogen-bond acceptors (Lipinski definition) is 3. The van der Waals surface area contributed by atoms with Crippen molar-refractivity contribution in [1.82, 2.24) is 15.1 Å². The maximum atomic E-state index is 11.9. The van der Waals surface area contributed by atoms with Crippen molar-refractivity contribution in [2.24, 2.45) is 7.05 Å². The Morgan fingerprint density at radius 3 is 2.48 bits per heavy atom. The highest BCUT2D eigenvalue weighted by molar-refractivity contribution is 5.92. The van der Waals surface area contributed by atoms with Gasteiger partial charge in [-0.25, -0.2) is 9.59 Å². The van der Waals surface area contributed by atoms with E-state index in [-0.39, 0.29) is 0 Å². The highest BCUT2D eigenvalue weighted by Crippen LogP contribution is 2.14. The predicted molar refractivity (Wildman–Crippen MR) is 76.9 cm³/mol. The molecule has 1 aromatic heterocycles. The van der Waals surface area contributed by atoms with Crippen molar-refractivity contribution in [3.63, 3.8) is 0 Å². The second-order valence-corrected chi connectivity index (χ2v) is 4.58. The summed E-state index contributed by atoms with van der Waals surface area (Å²) in [5.74, 6) is -1.13. The zero-order valence-electron chi connectivity index (χ0n) is 11.7. The van der Waals surface area contributed by atoms with Gasteiger partial charge in [0.25, 0.3) is 0 Å². The summed E-state index contributed by atoms with van der Waals surface area (Å²) in [4.78, 5) is 23.2. The first-order valence-corrected chi connectivity index (χ1v) is 6.33. The van der Waals surface area contributed by atoms with Crippen LogP contribution in [0.5, 0.6) is 0 Å². The number of urea groups is 1. The third kappa shape index (κ3) is 3.59. The van der Waals surface area contributed by atoms with E-state index < -0.39 is 18.0 Å². The summed E-state index contributed by atoms with van der Waals surface area (Å²) in [6.45, 7) is 1.75. The molecule has 0 bridgehead atoms. The number of amides is 2. The molecular weight excluding hydrogens is 272 g/mol. The number of nitrogens with one attached hydrogen (secondary N) is 2. The van der Waals surface area contributed by atoms with Gasteiger partial charge in [-0.1, -0.05) is 30.3 Å². The van der Waals surface area contributed by atoms with Crippen molar-refractivity contribution < 1.29 is 14.7 Å². The van der Waals surface area contributed by atoms with Gasteiger partial charge in [0.2, 0.25) is 0 Å². The Morgan fingerprint density at radius 1 is 1.29 bits per heavy atom. The molecule has 2 amide bonds. The van der Waals surface area contributed by atoms with Crippen LogP contribution < -0.4 is 10.6 Å². The normalized spacial score (nSPS) is 11.7. The summed E-state index contributed by atoms with van der Waals surface area (Å²) in [5.41, 5.74) is 1.69. The highest BCUT2D eigenvalue weighted by Gasteiger charge is 2.22. The molecule has 0 aliphatic carbocycles. The summed E-state index contributed by atoms with van der Waals surface area (Å²) in [5, 5.41) is 18.4. The summed E-state index contributed by atoms with van der Waals surface area (Å²) >= 11 is 0. The Bertz CT molecular complexity index is 651. The van der Waals surface area contributed by atoms with E-state index in [9.17, 15) is 14.7 Å². The highest BCUT2D eigenvalue weighted by atomic mass is 16.4. The van der Waals surface area contributed by atoms with Crippen LogP contribution in [0.2, 0.25) is 0 Å². The lowest BCUT2D eigenvalue weighted by atomic mass is 10.1. The molecule has 0 saturated carbocycles. The van der Waals surface area contributed by atoms with E-state index in [2.05, 4.69) is 15.7 Å². The number of carbonyl (C=O) groups excluding carboxylic acids is 1. The molecule has 1 heterocycles. The minimum Gasteiger partial charge on any atom is -0.479 e. The minimum absolute atomic E-state index is 0.503. The SMILES string of the molecule is Cc1nn(C)cc1NC(=O)N[C@H](C(=O)O)c1ccccc1. The van der Waals surface area contributed by atoms with Gasteiger partial charge >= 0.3 is 12.0 Å².